The van der Waals surface area contributed by atoms with Crippen molar-refractivity contribution < 1.29 is 33.3 Å². The molecule has 2 rings (SSSR count). The SMILES string of the molecule is COC(=O)CCCC(=O)c1ccc(OCCCC/C=C/c2ccc(OC)cc2)c(CCC(=O)OC)c1. The maximum absolute atomic E-state index is 12.6. The van der Waals surface area contributed by atoms with Gasteiger partial charge in [-0.2, -0.15) is 0 Å². The zero-order valence-electron chi connectivity index (χ0n) is 21.4. The van der Waals surface area contributed by atoms with Gasteiger partial charge in [0, 0.05) is 24.8 Å². The van der Waals surface area contributed by atoms with Crippen molar-refractivity contribution in [1.82, 2.24) is 0 Å². The molecule has 194 valence electrons. The number of ketones is 1. The molecule has 0 atom stereocenters. The van der Waals surface area contributed by atoms with Crippen LogP contribution in [-0.2, 0) is 25.5 Å². The first kappa shape index (κ1) is 28.6. The smallest absolute Gasteiger partial charge is 0.305 e. The molecule has 0 radical (unpaired) electrons. The van der Waals surface area contributed by atoms with Gasteiger partial charge in [-0.3, -0.25) is 14.4 Å². The number of allylic oxidation sites excluding steroid dienone is 1. The summed E-state index contributed by atoms with van der Waals surface area (Å²) in [5.41, 5.74) is 2.46. The number of benzene rings is 2. The van der Waals surface area contributed by atoms with Gasteiger partial charge in [0.1, 0.15) is 11.5 Å². The van der Waals surface area contributed by atoms with Crippen LogP contribution in [0.1, 0.15) is 66.4 Å². The molecule has 0 unspecified atom stereocenters. The van der Waals surface area contributed by atoms with Crippen molar-refractivity contribution >= 4 is 23.8 Å². The average Bonchev–Trinajstić information content (AvgIpc) is 2.91. The number of hydrogen-bond donors (Lipinski definition) is 0. The fraction of sp³-hybridized carbons (Fsp3) is 0.414. The highest BCUT2D eigenvalue weighted by Crippen LogP contribution is 2.24. The van der Waals surface area contributed by atoms with E-state index in [-0.39, 0.29) is 37.0 Å². The average molecular weight is 497 g/mol. The lowest BCUT2D eigenvalue weighted by molar-refractivity contribution is -0.141. The Hall–Kier alpha value is -3.61. The normalized spacial score (nSPS) is 10.8. The van der Waals surface area contributed by atoms with Crippen LogP contribution in [0.25, 0.3) is 6.08 Å². The molecule has 0 heterocycles. The minimum atomic E-state index is -0.332. The number of aryl methyl sites for hydroxylation is 1. The van der Waals surface area contributed by atoms with Gasteiger partial charge in [0.2, 0.25) is 0 Å². The summed E-state index contributed by atoms with van der Waals surface area (Å²) in [6.45, 7) is 0.536. The number of ether oxygens (including phenoxy) is 4. The summed E-state index contributed by atoms with van der Waals surface area (Å²) >= 11 is 0. The van der Waals surface area contributed by atoms with Crippen molar-refractivity contribution in [1.29, 1.82) is 0 Å². The van der Waals surface area contributed by atoms with Gasteiger partial charge >= 0.3 is 11.9 Å². The molecule has 2 aromatic rings. The highest BCUT2D eigenvalue weighted by atomic mass is 16.5. The molecule has 0 aliphatic carbocycles. The summed E-state index contributed by atoms with van der Waals surface area (Å²) in [6.07, 6.45) is 8.50. The summed E-state index contributed by atoms with van der Waals surface area (Å²) in [5, 5.41) is 0. The second-order valence-corrected chi connectivity index (χ2v) is 8.27. The summed E-state index contributed by atoms with van der Waals surface area (Å²) in [7, 11) is 4.33. The largest absolute Gasteiger partial charge is 0.497 e. The zero-order valence-corrected chi connectivity index (χ0v) is 21.4. The molecule has 0 saturated carbocycles. The van der Waals surface area contributed by atoms with Crippen molar-refractivity contribution in [3.8, 4) is 11.5 Å². The van der Waals surface area contributed by atoms with Crippen LogP contribution in [0, 0.1) is 0 Å². The lowest BCUT2D eigenvalue weighted by Crippen LogP contribution is -2.07. The van der Waals surface area contributed by atoms with E-state index in [1.807, 2.05) is 24.3 Å². The van der Waals surface area contributed by atoms with Crippen LogP contribution in [0.2, 0.25) is 0 Å². The van der Waals surface area contributed by atoms with E-state index < -0.39 is 0 Å². The van der Waals surface area contributed by atoms with Crippen molar-refractivity contribution in [2.45, 2.75) is 51.4 Å². The summed E-state index contributed by atoms with van der Waals surface area (Å²) < 4.78 is 20.5. The molecular weight excluding hydrogens is 460 g/mol. The molecule has 0 saturated heterocycles. The van der Waals surface area contributed by atoms with Gasteiger partial charge in [0.25, 0.3) is 0 Å². The molecule has 7 nitrogen and oxygen atoms in total. The van der Waals surface area contributed by atoms with E-state index in [1.165, 1.54) is 14.2 Å². The maximum Gasteiger partial charge on any atom is 0.305 e. The predicted octanol–water partition coefficient (Wildman–Crippen LogP) is 5.59. The fourth-order valence-electron chi connectivity index (χ4n) is 3.55. The van der Waals surface area contributed by atoms with Gasteiger partial charge in [-0.25, -0.2) is 0 Å². The number of hydrogen-bond acceptors (Lipinski definition) is 7. The van der Waals surface area contributed by atoms with Crippen LogP contribution in [-0.4, -0.2) is 45.7 Å². The molecule has 0 aromatic heterocycles. The van der Waals surface area contributed by atoms with E-state index in [2.05, 4.69) is 16.9 Å². The lowest BCUT2D eigenvalue weighted by Gasteiger charge is -2.13. The monoisotopic (exact) mass is 496 g/mol. The number of esters is 2. The molecule has 0 aliphatic heterocycles. The molecule has 0 spiro atoms. The van der Waals surface area contributed by atoms with Gasteiger partial charge in [0.05, 0.1) is 27.9 Å². The van der Waals surface area contributed by atoms with E-state index >= 15 is 0 Å². The van der Waals surface area contributed by atoms with Gasteiger partial charge in [-0.05, 0) is 73.6 Å². The van der Waals surface area contributed by atoms with E-state index in [0.717, 1.165) is 36.1 Å². The number of rotatable bonds is 16. The van der Waals surface area contributed by atoms with E-state index in [1.54, 1.807) is 25.3 Å². The minimum Gasteiger partial charge on any atom is -0.497 e. The standard InChI is InChI=1S/C29H36O7/c1-33-25-16-12-22(13-17-25)9-6-4-5-7-20-36-27-18-14-23(21-24(27)15-19-29(32)35-3)26(30)10-8-11-28(31)34-2/h6,9,12-14,16-18,21H,4-5,7-8,10-11,15,19-20H2,1-3H3/b9-6+. The Morgan fingerprint density at radius 2 is 1.53 bits per heavy atom. The van der Waals surface area contributed by atoms with Crippen LogP contribution in [0.4, 0.5) is 0 Å². The van der Waals surface area contributed by atoms with Gasteiger partial charge in [-0.1, -0.05) is 24.3 Å². The first-order valence-electron chi connectivity index (χ1n) is 12.2. The predicted molar refractivity (Wildman–Crippen MR) is 138 cm³/mol. The maximum atomic E-state index is 12.6. The Labute approximate surface area is 213 Å². The van der Waals surface area contributed by atoms with E-state index in [9.17, 15) is 14.4 Å². The van der Waals surface area contributed by atoms with Crippen molar-refractivity contribution in [3.05, 3.63) is 65.2 Å². The van der Waals surface area contributed by atoms with Crippen LogP contribution >= 0.6 is 0 Å². The highest BCUT2D eigenvalue weighted by molar-refractivity contribution is 5.96. The summed E-state index contributed by atoms with van der Waals surface area (Å²) in [4.78, 5) is 35.5. The molecule has 2 aromatic carbocycles. The molecule has 36 heavy (non-hydrogen) atoms. The Balaban J connectivity index is 1.87. The second kappa shape index (κ2) is 16.1. The van der Waals surface area contributed by atoms with E-state index in [0.29, 0.717) is 30.8 Å². The Morgan fingerprint density at radius 1 is 0.806 bits per heavy atom. The second-order valence-electron chi connectivity index (χ2n) is 8.27. The first-order chi connectivity index (χ1) is 17.5. The van der Waals surface area contributed by atoms with Gasteiger partial charge < -0.3 is 18.9 Å². The number of methoxy groups -OCH3 is 3. The Bertz CT molecular complexity index is 1010. The van der Waals surface area contributed by atoms with Crippen LogP contribution in [0.5, 0.6) is 11.5 Å². The summed E-state index contributed by atoms with van der Waals surface area (Å²) in [6, 6.07) is 13.2. The number of carbonyl (C=O) groups excluding carboxylic acids is 3. The molecule has 0 N–H and O–H groups in total. The quantitative estimate of drug-likeness (QED) is 0.170. The molecular formula is C29H36O7. The number of Topliss-reactive ketones (excluding diaryl/α,β-unsaturated/α-hetero) is 1. The molecule has 7 heteroatoms. The molecule has 0 aliphatic rings. The third kappa shape index (κ3) is 10.3. The Morgan fingerprint density at radius 3 is 2.22 bits per heavy atom. The minimum absolute atomic E-state index is 0.0616. The number of carbonyl (C=O) groups is 3. The summed E-state index contributed by atoms with van der Waals surface area (Å²) in [5.74, 6) is 0.791. The van der Waals surface area contributed by atoms with Crippen molar-refractivity contribution in [2.24, 2.45) is 0 Å². The fourth-order valence-corrected chi connectivity index (χ4v) is 3.55. The molecule has 0 fully saturated rings. The lowest BCUT2D eigenvalue weighted by atomic mass is 10.00. The van der Waals surface area contributed by atoms with Gasteiger partial charge in [0.15, 0.2) is 5.78 Å². The molecule has 0 amide bonds. The zero-order chi connectivity index (χ0) is 26.2. The first-order valence-corrected chi connectivity index (χ1v) is 12.2. The van der Waals surface area contributed by atoms with E-state index in [4.69, 9.17) is 14.2 Å². The number of unbranched alkanes of at least 4 members (excludes halogenated alkanes) is 2. The Kier molecular flexibility index (Phi) is 12.8. The van der Waals surface area contributed by atoms with Crippen molar-refractivity contribution in [3.63, 3.8) is 0 Å². The third-order valence-corrected chi connectivity index (χ3v) is 5.67. The molecule has 0 bridgehead atoms. The topological polar surface area (TPSA) is 88.1 Å². The third-order valence-electron chi connectivity index (χ3n) is 5.67. The van der Waals surface area contributed by atoms with Crippen LogP contribution < -0.4 is 9.47 Å². The van der Waals surface area contributed by atoms with Crippen LogP contribution in [0.15, 0.2) is 48.5 Å². The van der Waals surface area contributed by atoms with Gasteiger partial charge in [-0.15, -0.1) is 0 Å². The van der Waals surface area contributed by atoms with Crippen LogP contribution in [0.3, 0.4) is 0 Å². The van der Waals surface area contributed by atoms with Crippen molar-refractivity contribution in [2.75, 3.05) is 27.9 Å². The highest BCUT2D eigenvalue weighted by Gasteiger charge is 2.13.